The van der Waals surface area contributed by atoms with Crippen molar-refractivity contribution in [2.45, 2.75) is 97.0 Å². The first-order valence-electron chi connectivity index (χ1n) is 16.0. The highest BCUT2D eigenvalue weighted by Gasteiger charge is 2.45. The highest BCUT2D eigenvalue weighted by molar-refractivity contribution is 7.98. The Morgan fingerprint density at radius 1 is 1.12 bits per heavy atom. The third-order valence-electron chi connectivity index (χ3n) is 9.13. The lowest BCUT2D eigenvalue weighted by atomic mass is 9.67. The van der Waals surface area contributed by atoms with Crippen LogP contribution in [-0.2, 0) is 0 Å². The Labute approximate surface area is 261 Å². The molecule has 1 aliphatic carbocycles. The van der Waals surface area contributed by atoms with Crippen LogP contribution in [0.15, 0.2) is 30.7 Å². The Kier molecular flexibility index (Phi) is 10.2. The van der Waals surface area contributed by atoms with E-state index in [9.17, 15) is 9.18 Å². The fraction of sp³-hybridized carbons (Fsp3) is 0.667. The van der Waals surface area contributed by atoms with Crippen molar-refractivity contribution in [1.82, 2.24) is 24.5 Å². The number of aromatic nitrogens is 2. The summed E-state index contributed by atoms with van der Waals surface area (Å²) in [7, 11) is 0. The van der Waals surface area contributed by atoms with Gasteiger partial charge in [0.1, 0.15) is 17.9 Å². The third kappa shape index (κ3) is 7.63. The average molecular weight is 613 g/mol. The largest absolute Gasteiger partial charge is 0.451 e. The van der Waals surface area contributed by atoms with Gasteiger partial charge in [-0.15, -0.1) is 0 Å². The van der Waals surface area contributed by atoms with Crippen LogP contribution in [0.1, 0.15) is 84.0 Å². The zero-order chi connectivity index (χ0) is 30.7. The summed E-state index contributed by atoms with van der Waals surface area (Å²) in [6.45, 7) is 17.7. The number of likely N-dealkylation sites (tertiary alicyclic amines) is 1. The normalized spacial score (nSPS) is 20.8. The number of halogens is 1. The highest BCUT2D eigenvalue weighted by Crippen LogP contribution is 2.45. The number of carbonyl (C=O) groups is 1. The van der Waals surface area contributed by atoms with Crippen molar-refractivity contribution in [3.8, 4) is 11.5 Å². The van der Waals surface area contributed by atoms with Crippen LogP contribution in [0.3, 0.4) is 0 Å². The first-order chi connectivity index (χ1) is 20.5. The van der Waals surface area contributed by atoms with Gasteiger partial charge in [-0.05, 0) is 89.3 Å². The van der Waals surface area contributed by atoms with Gasteiger partial charge in [-0.25, -0.2) is 14.4 Å². The number of rotatable bonds is 11. The van der Waals surface area contributed by atoms with E-state index < -0.39 is 5.82 Å². The van der Waals surface area contributed by atoms with E-state index in [1.807, 2.05) is 39.6 Å². The molecule has 0 radical (unpaired) electrons. The Morgan fingerprint density at radius 2 is 1.84 bits per heavy atom. The van der Waals surface area contributed by atoms with Crippen LogP contribution in [0.25, 0.3) is 0 Å². The van der Waals surface area contributed by atoms with Gasteiger partial charge in [0.2, 0.25) is 0 Å². The van der Waals surface area contributed by atoms with E-state index in [1.165, 1.54) is 63.3 Å². The Morgan fingerprint density at radius 3 is 2.51 bits per heavy atom. The van der Waals surface area contributed by atoms with E-state index in [2.05, 4.69) is 38.3 Å². The zero-order valence-corrected chi connectivity index (χ0v) is 27.5. The molecule has 3 aliphatic rings. The van der Waals surface area contributed by atoms with Gasteiger partial charge >= 0.3 is 0 Å². The molecule has 2 aromatic rings. The predicted octanol–water partition coefficient (Wildman–Crippen LogP) is 6.38. The molecule has 236 valence electrons. The molecular formula is C33H49FN6O2S. The van der Waals surface area contributed by atoms with Gasteiger partial charge in [0.25, 0.3) is 5.91 Å². The van der Waals surface area contributed by atoms with Crippen LogP contribution >= 0.6 is 11.9 Å². The van der Waals surface area contributed by atoms with E-state index in [0.717, 1.165) is 31.9 Å². The zero-order valence-electron chi connectivity index (χ0n) is 26.7. The summed E-state index contributed by atoms with van der Waals surface area (Å²) in [5, 5.41) is 0.626. The molecule has 3 heterocycles. The molecule has 1 spiro atoms. The summed E-state index contributed by atoms with van der Waals surface area (Å²) in [6.07, 6.45) is 9.51. The maximum atomic E-state index is 14.3. The Bertz CT molecular complexity index is 1240. The quantitative estimate of drug-likeness (QED) is 0.293. The Hall–Kier alpha value is -2.43. The molecule has 1 aromatic heterocycles. The van der Waals surface area contributed by atoms with Crippen LogP contribution in [0.2, 0.25) is 0 Å². The van der Waals surface area contributed by atoms with Gasteiger partial charge in [0.05, 0.1) is 11.8 Å². The molecule has 10 heteroatoms. The lowest BCUT2D eigenvalue weighted by Gasteiger charge is -2.54. The number of nitrogens with zero attached hydrogens (tertiary/aromatic N) is 5. The molecule has 1 amide bonds. The summed E-state index contributed by atoms with van der Waals surface area (Å²) in [4.78, 5) is 29.0. The van der Waals surface area contributed by atoms with Crippen molar-refractivity contribution in [1.29, 1.82) is 0 Å². The predicted molar refractivity (Wildman–Crippen MR) is 172 cm³/mol. The fourth-order valence-corrected chi connectivity index (χ4v) is 7.87. The van der Waals surface area contributed by atoms with Gasteiger partial charge in [-0.3, -0.25) is 9.52 Å². The SMILES string of the molecule is CC(C)SNC1CCC2(CC1)CN(CC1CCN(c3ncncc3Oc3ccc(F)cc3C(=O)N(C(C)C)C(C)C)C1)C2. The van der Waals surface area contributed by atoms with E-state index in [4.69, 9.17) is 4.74 Å². The average Bonchev–Trinajstić information content (AvgIpc) is 3.41. The second-order valence-corrected chi connectivity index (χ2v) is 15.1. The molecular weight excluding hydrogens is 563 g/mol. The number of hydrogen-bond donors (Lipinski definition) is 1. The molecule has 0 bridgehead atoms. The number of carbonyl (C=O) groups excluding carboxylic acids is 1. The number of nitrogens with one attached hydrogen (secondary N) is 1. The number of ether oxygens (including phenoxy) is 1. The molecule has 8 nitrogen and oxygen atoms in total. The van der Waals surface area contributed by atoms with E-state index in [-0.39, 0.29) is 23.6 Å². The molecule has 1 saturated carbocycles. The molecule has 1 atom stereocenters. The minimum absolute atomic E-state index is 0.0390. The van der Waals surface area contributed by atoms with Crippen LogP contribution in [0.4, 0.5) is 10.2 Å². The van der Waals surface area contributed by atoms with Crippen molar-refractivity contribution in [2.24, 2.45) is 11.3 Å². The molecule has 3 fully saturated rings. The summed E-state index contributed by atoms with van der Waals surface area (Å²) in [6, 6.07) is 4.69. The van der Waals surface area contributed by atoms with Gasteiger partial charge in [-0.1, -0.05) is 25.8 Å². The highest BCUT2D eigenvalue weighted by atomic mass is 32.2. The second kappa shape index (κ2) is 13.7. The lowest BCUT2D eigenvalue weighted by Crippen LogP contribution is -2.59. The molecule has 1 aromatic carbocycles. The molecule has 1 N–H and O–H groups in total. The molecule has 2 saturated heterocycles. The third-order valence-corrected chi connectivity index (χ3v) is 10.1. The Balaban J connectivity index is 1.19. The van der Waals surface area contributed by atoms with Crippen molar-refractivity contribution >= 4 is 23.7 Å². The van der Waals surface area contributed by atoms with Crippen LogP contribution in [-0.4, -0.2) is 81.8 Å². The maximum absolute atomic E-state index is 14.3. The van der Waals surface area contributed by atoms with Crippen molar-refractivity contribution in [3.05, 3.63) is 42.1 Å². The first-order valence-corrected chi connectivity index (χ1v) is 16.9. The number of amides is 1. The lowest BCUT2D eigenvalue weighted by molar-refractivity contribution is -0.0385. The maximum Gasteiger partial charge on any atom is 0.258 e. The standard InChI is InChI=1S/C33H49FN6O2S/c1-22(2)40(23(3)4)32(41)28-15-26(34)7-8-29(28)42-30-16-35-21-36-31(30)39-14-11-25(18-39)17-38-19-33(20-38)12-9-27(10-13-33)37-43-24(5)6/h7-8,15-16,21-25,27,37H,9-14,17-20H2,1-6H3. The second-order valence-electron chi connectivity index (χ2n) is 13.7. The minimum Gasteiger partial charge on any atom is -0.451 e. The van der Waals surface area contributed by atoms with Gasteiger partial charge in [0.15, 0.2) is 11.6 Å². The summed E-state index contributed by atoms with van der Waals surface area (Å²) in [5.74, 6) is 1.34. The number of hydrogen-bond acceptors (Lipinski definition) is 8. The summed E-state index contributed by atoms with van der Waals surface area (Å²) < 4.78 is 24.3. The van der Waals surface area contributed by atoms with Crippen molar-refractivity contribution < 1.29 is 13.9 Å². The van der Waals surface area contributed by atoms with Crippen LogP contribution in [0, 0.1) is 17.2 Å². The van der Waals surface area contributed by atoms with Gasteiger partial charge in [-0.2, -0.15) is 0 Å². The molecule has 43 heavy (non-hydrogen) atoms. The molecule has 2 aliphatic heterocycles. The molecule has 5 rings (SSSR count). The van der Waals surface area contributed by atoms with Crippen LogP contribution in [0.5, 0.6) is 11.5 Å². The fourth-order valence-electron chi connectivity index (χ4n) is 7.17. The van der Waals surface area contributed by atoms with Gasteiger partial charge in [0, 0.05) is 56.1 Å². The van der Waals surface area contributed by atoms with E-state index in [0.29, 0.717) is 34.1 Å². The topological polar surface area (TPSA) is 73.8 Å². The van der Waals surface area contributed by atoms with E-state index in [1.54, 1.807) is 11.1 Å². The molecule has 1 unspecified atom stereocenters. The summed E-state index contributed by atoms with van der Waals surface area (Å²) in [5.41, 5.74) is 0.726. The summed E-state index contributed by atoms with van der Waals surface area (Å²) >= 11 is 1.88. The first kappa shape index (κ1) is 32.0. The smallest absolute Gasteiger partial charge is 0.258 e. The van der Waals surface area contributed by atoms with Crippen molar-refractivity contribution in [3.63, 3.8) is 0 Å². The van der Waals surface area contributed by atoms with Gasteiger partial charge < -0.3 is 19.4 Å². The monoisotopic (exact) mass is 612 g/mol. The van der Waals surface area contributed by atoms with Crippen molar-refractivity contribution in [2.75, 3.05) is 37.6 Å². The van der Waals surface area contributed by atoms with E-state index >= 15 is 0 Å². The van der Waals surface area contributed by atoms with Crippen LogP contribution < -0.4 is 14.4 Å². The number of anilines is 1. The minimum atomic E-state index is -0.474. The number of benzene rings is 1.